The lowest BCUT2D eigenvalue weighted by atomic mass is 9.93. The smallest absolute Gasteiger partial charge is 0.383 e. The van der Waals surface area contributed by atoms with E-state index in [2.05, 4.69) is 4.98 Å². The number of carbonyl (C=O) groups excluding carboxylic acids is 1. The van der Waals surface area contributed by atoms with E-state index in [-0.39, 0.29) is 47.8 Å². The number of β-amino-alcohol motifs (C(OH)–C–C–N with tert-alkyl or cyclic N) is 1. The molecule has 1 N–H and O–H groups in total. The number of likely N-dealkylation sites (tertiary alicyclic amines) is 1. The fourth-order valence-electron chi connectivity index (χ4n) is 4.16. The molecule has 3 aromatic rings. The van der Waals surface area contributed by atoms with E-state index < -0.39 is 46.7 Å². The summed E-state index contributed by atoms with van der Waals surface area (Å²) >= 11 is 0. The number of hydrogen-bond donors (Lipinski definition) is 1. The topological polar surface area (TPSA) is 53.4 Å². The molecule has 1 saturated heterocycles. The maximum absolute atomic E-state index is 13.2. The van der Waals surface area contributed by atoms with Gasteiger partial charge in [0.2, 0.25) is 0 Å². The molecule has 4 rings (SSSR count). The van der Waals surface area contributed by atoms with Crippen LogP contribution in [-0.4, -0.2) is 34.0 Å². The first kappa shape index (κ1) is 27.4. The van der Waals surface area contributed by atoms with Crippen molar-refractivity contribution in [3.63, 3.8) is 0 Å². The third-order valence-corrected chi connectivity index (χ3v) is 6.19. The molecule has 4 nitrogen and oxygen atoms in total. The number of halogens is 9. The SMILES string of the molecule is O=C(c1ccc(-c2cc(C(F)(F)F)cc(C(F)(F)F)c2)cc1)N1CCC(O)(c2cncc(C(F)(F)F)c2)C1. The molecule has 1 atom stereocenters. The molecular formula is C25H17F9N2O2. The van der Waals surface area contributed by atoms with Crippen molar-refractivity contribution in [3.8, 4) is 11.1 Å². The van der Waals surface area contributed by atoms with Crippen LogP contribution in [0.5, 0.6) is 0 Å². The zero-order valence-electron chi connectivity index (χ0n) is 19.0. The van der Waals surface area contributed by atoms with Gasteiger partial charge in [-0.15, -0.1) is 0 Å². The summed E-state index contributed by atoms with van der Waals surface area (Å²) in [5.74, 6) is -0.632. The third-order valence-electron chi connectivity index (χ3n) is 6.19. The molecule has 1 aromatic heterocycles. The number of hydrogen-bond acceptors (Lipinski definition) is 3. The van der Waals surface area contributed by atoms with Gasteiger partial charge in [0.25, 0.3) is 5.91 Å². The number of rotatable bonds is 3. The van der Waals surface area contributed by atoms with Crippen LogP contribution in [0.4, 0.5) is 39.5 Å². The molecule has 0 saturated carbocycles. The summed E-state index contributed by atoms with van der Waals surface area (Å²) in [5.41, 5.74) is -6.30. The first-order valence-electron chi connectivity index (χ1n) is 10.9. The van der Waals surface area contributed by atoms with Crippen molar-refractivity contribution >= 4 is 5.91 Å². The minimum Gasteiger partial charge on any atom is -0.383 e. The highest BCUT2D eigenvalue weighted by atomic mass is 19.4. The Hall–Kier alpha value is -3.61. The van der Waals surface area contributed by atoms with Crippen LogP contribution in [0.1, 0.15) is 39.0 Å². The fraction of sp³-hybridized carbons (Fsp3) is 0.280. The molecule has 38 heavy (non-hydrogen) atoms. The van der Waals surface area contributed by atoms with Gasteiger partial charge < -0.3 is 10.0 Å². The van der Waals surface area contributed by atoms with Gasteiger partial charge in [-0.1, -0.05) is 12.1 Å². The summed E-state index contributed by atoms with van der Waals surface area (Å²) in [6, 6.07) is 6.66. The minimum atomic E-state index is -5.02. The van der Waals surface area contributed by atoms with Crippen molar-refractivity contribution in [2.24, 2.45) is 0 Å². The molecule has 0 bridgehead atoms. The summed E-state index contributed by atoms with van der Waals surface area (Å²) in [4.78, 5) is 17.6. The van der Waals surface area contributed by atoms with Crippen LogP contribution in [-0.2, 0) is 24.1 Å². The van der Waals surface area contributed by atoms with Gasteiger partial charge in [0, 0.05) is 30.1 Å². The van der Waals surface area contributed by atoms with Gasteiger partial charge in [-0.25, -0.2) is 0 Å². The number of aliphatic hydroxyl groups is 1. The number of carbonyl (C=O) groups is 1. The molecule has 1 amide bonds. The first-order valence-corrected chi connectivity index (χ1v) is 10.9. The van der Waals surface area contributed by atoms with Crippen LogP contribution in [0.3, 0.4) is 0 Å². The van der Waals surface area contributed by atoms with E-state index in [9.17, 15) is 49.4 Å². The quantitative estimate of drug-likeness (QED) is 0.379. The van der Waals surface area contributed by atoms with Crippen LogP contribution in [0.2, 0.25) is 0 Å². The maximum atomic E-state index is 13.2. The molecule has 13 heteroatoms. The van der Waals surface area contributed by atoms with Crippen LogP contribution < -0.4 is 0 Å². The fourth-order valence-corrected chi connectivity index (χ4v) is 4.16. The van der Waals surface area contributed by atoms with Gasteiger partial charge in [-0.05, 0) is 53.9 Å². The maximum Gasteiger partial charge on any atom is 0.417 e. The van der Waals surface area contributed by atoms with Crippen molar-refractivity contribution in [2.45, 2.75) is 30.6 Å². The van der Waals surface area contributed by atoms with Gasteiger partial charge in [-0.2, -0.15) is 39.5 Å². The number of alkyl halides is 9. The summed E-state index contributed by atoms with van der Waals surface area (Å²) in [6.07, 6.45) is -13.1. The second kappa shape index (κ2) is 9.29. The van der Waals surface area contributed by atoms with E-state index in [1.807, 2.05) is 0 Å². The molecule has 1 aliphatic heterocycles. The zero-order chi connectivity index (χ0) is 28.1. The number of aromatic nitrogens is 1. The number of benzene rings is 2. The molecule has 2 heterocycles. The lowest BCUT2D eigenvalue weighted by Crippen LogP contribution is -2.34. The Labute approximate surface area is 209 Å². The molecule has 2 aromatic carbocycles. The first-order chi connectivity index (χ1) is 17.5. The lowest BCUT2D eigenvalue weighted by Gasteiger charge is -2.24. The molecule has 1 fully saturated rings. The highest BCUT2D eigenvalue weighted by Crippen LogP contribution is 2.39. The van der Waals surface area contributed by atoms with Crippen LogP contribution in [0, 0.1) is 0 Å². The average Bonchev–Trinajstić information content (AvgIpc) is 3.25. The summed E-state index contributed by atoms with van der Waals surface area (Å²) in [5, 5.41) is 10.9. The lowest BCUT2D eigenvalue weighted by molar-refractivity contribution is -0.143. The molecule has 1 unspecified atom stereocenters. The standard InChI is InChI=1S/C25H17F9N2O2/c26-23(27,28)17-7-16(8-18(9-17)24(29,30)31)14-1-3-15(4-2-14)21(37)36-6-5-22(38,13-36)19-10-20(12-35-11-19)25(32,33)34/h1-4,7-12,38H,5-6,13H2. The average molecular weight is 548 g/mol. The monoisotopic (exact) mass is 548 g/mol. The highest BCUT2D eigenvalue weighted by molar-refractivity contribution is 5.95. The van der Waals surface area contributed by atoms with Crippen molar-refractivity contribution in [1.82, 2.24) is 9.88 Å². The summed E-state index contributed by atoms with van der Waals surface area (Å²) < 4.78 is 118. The van der Waals surface area contributed by atoms with Crippen LogP contribution in [0.15, 0.2) is 60.9 Å². The molecule has 0 spiro atoms. The van der Waals surface area contributed by atoms with E-state index in [1.54, 1.807) is 0 Å². The molecule has 0 aliphatic carbocycles. The summed E-state index contributed by atoms with van der Waals surface area (Å²) in [6.45, 7) is -0.366. The van der Waals surface area contributed by atoms with Crippen LogP contribution in [0.25, 0.3) is 11.1 Å². The van der Waals surface area contributed by atoms with Crippen molar-refractivity contribution in [2.75, 3.05) is 13.1 Å². The second-order valence-corrected chi connectivity index (χ2v) is 8.84. The van der Waals surface area contributed by atoms with E-state index in [0.717, 1.165) is 12.3 Å². The van der Waals surface area contributed by atoms with Crippen LogP contribution >= 0.6 is 0 Å². The molecule has 1 aliphatic rings. The molecule has 0 radical (unpaired) electrons. The van der Waals surface area contributed by atoms with E-state index in [0.29, 0.717) is 18.3 Å². The Bertz CT molecular complexity index is 1320. The highest BCUT2D eigenvalue weighted by Gasteiger charge is 2.42. The molecule has 202 valence electrons. The Balaban J connectivity index is 1.56. The minimum absolute atomic E-state index is 0.00823. The van der Waals surface area contributed by atoms with Gasteiger partial charge >= 0.3 is 18.5 Å². The van der Waals surface area contributed by atoms with E-state index in [4.69, 9.17) is 0 Å². The predicted octanol–water partition coefficient (Wildman–Crippen LogP) is 6.54. The van der Waals surface area contributed by atoms with Crippen molar-refractivity contribution < 1.29 is 49.4 Å². The molecular weight excluding hydrogens is 531 g/mol. The largest absolute Gasteiger partial charge is 0.417 e. The Morgan fingerprint density at radius 3 is 1.84 bits per heavy atom. The Morgan fingerprint density at radius 2 is 1.32 bits per heavy atom. The van der Waals surface area contributed by atoms with Crippen molar-refractivity contribution in [3.05, 3.63) is 88.7 Å². The number of amides is 1. The van der Waals surface area contributed by atoms with Gasteiger partial charge in [-0.3, -0.25) is 9.78 Å². The third kappa shape index (κ3) is 5.62. The van der Waals surface area contributed by atoms with Gasteiger partial charge in [0.1, 0.15) is 5.60 Å². The zero-order valence-corrected chi connectivity index (χ0v) is 19.0. The van der Waals surface area contributed by atoms with E-state index in [1.165, 1.54) is 29.2 Å². The summed E-state index contributed by atoms with van der Waals surface area (Å²) in [7, 11) is 0. The van der Waals surface area contributed by atoms with Gasteiger partial charge in [0.05, 0.1) is 23.2 Å². The predicted molar refractivity (Wildman–Crippen MR) is 116 cm³/mol. The Kier molecular flexibility index (Phi) is 6.71. The van der Waals surface area contributed by atoms with Crippen molar-refractivity contribution in [1.29, 1.82) is 0 Å². The normalized spacial score (nSPS) is 18.6. The second-order valence-electron chi connectivity index (χ2n) is 8.84. The van der Waals surface area contributed by atoms with Gasteiger partial charge in [0.15, 0.2) is 0 Å². The Morgan fingerprint density at radius 1 is 0.763 bits per heavy atom. The van der Waals surface area contributed by atoms with E-state index >= 15 is 0 Å². The number of pyridine rings is 1. The number of nitrogens with zero attached hydrogens (tertiary/aromatic N) is 2.